The van der Waals surface area contributed by atoms with Crippen LogP contribution in [0.3, 0.4) is 0 Å². The molecule has 0 fully saturated rings. The van der Waals surface area contributed by atoms with E-state index in [-0.39, 0.29) is 11.8 Å². The molecule has 0 radical (unpaired) electrons. The molecule has 78 valence electrons. The van der Waals surface area contributed by atoms with Gasteiger partial charge in [0.2, 0.25) is 0 Å². The summed E-state index contributed by atoms with van der Waals surface area (Å²) in [6.45, 7) is 6.82. The van der Waals surface area contributed by atoms with Crippen LogP contribution in [0.25, 0.3) is 0 Å². The molecule has 1 unspecified atom stereocenters. The van der Waals surface area contributed by atoms with Gasteiger partial charge in [0, 0.05) is 6.04 Å². The molecule has 0 amide bonds. The largest absolute Gasteiger partial charge is 0.322 e. The summed E-state index contributed by atoms with van der Waals surface area (Å²) in [5, 5.41) is 3.32. The Kier molecular flexibility index (Phi) is 6.82. The summed E-state index contributed by atoms with van der Waals surface area (Å²) < 4.78 is 0. The zero-order valence-corrected chi connectivity index (χ0v) is 8.97. The number of nitrogens with two attached hydrogens (primary N) is 1. The molecule has 0 aliphatic heterocycles. The van der Waals surface area contributed by atoms with Gasteiger partial charge in [-0.1, -0.05) is 20.3 Å². The molecule has 3 N–H and O–H groups in total. The number of Topliss-reactive ketones (excluding diaryl/α,β-unsaturated/α-hetero) is 1. The molecule has 0 aliphatic carbocycles. The third kappa shape index (κ3) is 7.94. The number of hydrogen-bond donors (Lipinski definition) is 2. The summed E-state index contributed by atoms with van der Waals surface area (Å²) in [6.07, 6.45) is 2.94. The summed E-state index contributed by atoms with van der Waals surface area (Å²) in [4.78, 5) is 10.8. The number of carbonyl (C=O) groups is 1. The van der Waals surface area contributed by atoms with E-state index in [9.17, 15) is 4.79 Å². The predicted octanol–water partition coefficient (Wildman–Crippen LogP) is 1.07. The van der Waals surface area contributed by atoms with E-state index in [4.69, 9.17) is 5.73 Å². The van der Waals surface area contributed by atoms with Crippen molar-refractivity contribution in [2.45, 2.75) is 52.1 Å². The summed E-state index contributed by atoms with van der Waals surface area (Å²) in [6, 6.07) is 0.292. The van der Waals surface area contributed by atoms with Gasteiger partial charge >= 0.3 is 0 Å². The van der Waals surface area contributed by atoms with Gasteiger partial charge in [-0.2, -0.15) is 0 Å². The molecular weight excluding hydrogens is 164 g/mol. The van der Waals surface area contributed by atoms with Crippen LogP contribution < -0.4 is 11.1 Å². The van der Waals surface area contributed by atoms with Crippen LogP contribution >= 0.6 is 0 Å². The minimum atomic E-state index is -0.251. The van der Waals surface area contributed by atoms with Crippen molar-refractivity contribution < 1.29 is 4.79 Å². The van der Waals surface area contributed by atoms with Gasteiger partial charge in [-0.3, -0.25) is 4.79 Å². The molecule has 0 saturated carbocycles. The van der Waals surface area contributed by atoms with Crippen molar-refractivity contribution in [1.29, 1.82) is 0 Å². The summed E-state index contributed by atoms with van der Waals surface area (Å²) in [5.41, 5.74) is 5.59. The molecule has 1 atom stereocenters. The Labute approximate surface area is 81.1 Å². The van der Waals surface area contributed by atoms with E-state index in [2.05, 4.69) is 19.2 Å². The molecule has 0 bridgehead atoms. The van der Waals surface area contributed by atoms with Crippen molar-refractivity contribution in [3.63, 3.8) is 0 Å². The van der Waals surface area contributed by atoms with Gasteiger partial charge in [0.1, 0.15) is 5.78 Å². The zero-order chi connectivity index (χ0) is 10.3. The molecule has 0 aromatic carbocycles. The van der Waals surface area contributed by atoms with Gasteiger partial charge < -0.3 is 11.1 Å². The first kappa shape index (κ1) is 12.6. The van der Waals surface area contributed by atoms with Crippen molar-refractivity contribution in [3.05, 3.63) is 0 Å². The first-order chi connectivity index (χ1) is 6.04. The van der Waals surface area contributed by atoms with Crippen molar-refractivity contribution in [2.24, 2.45) is 5.73 Å². The third-order valence-corrected chi connectivity index (χ3v) is 2.02. The van der Waals surface area contributed by atoms with Gasteiger partial charge in [-0.15, -0.1) is 0 Å². The summed E-state index contributed by atoms with van der Waals surface area (Å²) in [5.74, 6) is 0.0943. The molecule has 0 heterocycles. The van der Waals surface area contributed by atoms with Crippen molar-refractivity contribution in [1.82, 2.24) is 5.32 Å². The topological polar surface area (TPSA) is 55.1 Å². The Morgan fingerprint density at radius 3 is 2.46 bits per heavy atom. The fraction of sp³-hybridized carbons (Fsp3) is 0.900. The minimum absolute atomic E-state index is 0.0943. The Morgan fingerprint density at radius 2 is 2.00 bits per heavy atom. The van der Waals surface area contributed by atoms with E-state index in [1.54, 1.807) is 6.92 Å². The van der Waals surface area contributed by atoms with E-state index in [0.717, 1.165) is 25.8 Å². The second-order valence-electron chi connectivity index (χ2n) is 3.82. The molecule has 0 aromatic heterocycles. The minimum Gasteiger partial charge on any atom is -0.322 e. The molecule has 3 heteroatoms. The lowest BCUT2D eigenvalue weighted by Gasteiger charge is -2.09. The van der Waals surface area contributed by atoms with Gasteiger partial charge in [-0.05, 0) is 26.3 Å². The maximum absolute atomic E-state index is 10.8. The summed E-state index contributed by atoms with van der Waals surface area (Å²) >= 11 is 0. The van der Waals surface area contributed by atoms with Gasteiger partial charge in [-0.25, -0.2) is 0 Å². The normalized spacial score (nSPS) is 13.3. The Morgan fingerprint density at radius 1 is 1.38 bits per heavy atom. The van der Waals surface area contributed by atoms with Crippen molar-refractivity contribution in [2.75, 3.05) is 6.54 Å². The Bertz CT molecular complexity index is 146. The molecule has 0 saturated heterocycles. The highest BCUT2D eigenvalue weighted by atomic mass is 16.1. The quantitative estimate of drug-likeness (QED) is 0.585. The van der Waals surface area contributed by atoms with Crippen molar-refractivity contribution in [3.8, 4) is 0 Å². The van der Waals surface area contributed by atoms with E-state index in [0.29, 0.717) is 6.04 Å². The smallest absolute Gasteiger partial charge is 0.146 e. The number of hydrogen-bond acceptors (Lipinski definition) is 3. The lowest BCUT2D eigenvalue weighted by Crippen LogP contribution is -2.28. The zero-order valence-electron chi connectivity index (χ0n) is 8.97. The highest BCUT2D eigenvalue weighted by Gasteiger charge is 2.06. The van der Waals surface area contributed by atoms with E-state index < -0.39 is 0 Å². The highest BCUT2D eigenvalue weighted by molar-refractivity contribution is 5.80. The predicted molar refractivity (Wildman–Crippen MR) is 55.6 cm³/mol. The van der Waals surface area contributed by atoms with E-state index in [1.807, 2.05) is 0 Å². The number of ketones is 1. The molecular formula is C10H22N2O. The Hall–Kier alpha value is -0.410. The first-order valence-electron chi connectivity index (χ1n) is 5.03. The van der Waals surface area contributed by atoms with E-state index >= 15 is 0 Å². The highest BCUT2D eigenvalue weighted by Crippen LogP contribution is 1.99. The first-order valence-corrected chi connectivity index (χ1v) is 5.03. The monoisotopic (exact) mass is 186 g/mol. The summed E-state index contributed by atoms with van der Waals surface area (Å²) in [7, 11) is 0. The average Bonchev–Trinajstić information content (AvgIpc) is 2.02. The standard InChI is InChI=1S/C10H22N2O/c1-8(2)12-7-5-4-6-10(11)9(3)13/h8,10,12H,4-7,11H2,1-3H3. The van der Waals surface area contributed by atoms with Crippen LogP contribution in [0.2, 0.25) is 0 Å². The van der Waals surface area contributed by atoms with Crippen LogP contribution in [0.4, 0.5) is 0 Å². The van der Waals surface area contributed by atoms with Crippen LogP contribution in [0, 0.1) is 0 Å². The Balaban J connectivity index is 3.21. The molecule has 0 rings (SSSR count). The maximum atomic E-state index is 10.8. The molecule has 0 aromatic rings. The second-order valence-corrected chi connectivity index (χ2v) is 3.82. The number of unbranched alkanes of at least 4 members (excludes halogenated alkanes) is 1. The fourth-order valence-corrected chi connectivity index (χ4v) is 1.08. The van der Waals surface area contributed by atoms with Gasteiger partial charge in [0.05, 0.1) is 6.04 Å². The van der Waals surface area contributed by atoms with Crippen molar-refractivity contribution >= 4 is 5.78 Å². The lowest BCUT2D eigenvalue weighted by atomic mass is 10.1. The number of rotatable bonds is 7. The fourth-order valence-electron chi connectivity index (χ4n) is 1.08. The number of nitrogens with one attached hydrogen (secondary N) is 1. The van der Waals surface area contributed by atoms with Gasteiger partial charge in [0.15, 0.2) is 0 Å². The maximum Gasteiger partial charge on any atom is 0.146 e. The molecule has 3 nitrogen and oxygen atoms in total. The average molecular weight is 186 g/mol. The molecule has 0 spiro atoms. The number of carbonyl (C=O) groups excluding carboxylic acids is 1. The van der Waals surface area contributed by atoms with Crippen LogP contribution in [0.1, 0.15) is 40.0 Å². The van der Waals surface area contributed by atoms with E-state index in [1.165, 1.54) is 0 Å². The molecule has 13 heavy (non-hydrogen) atoms. The van der Waals surface area contributed by atoms with Crippen LogP contribution in [0.15, 0.2) is 0 Å². The molecule has 0 aliphatic rings. The second kappa shape index (κ2) is 7.04. The van der Waals surface area contributed by atoms with Crippen LogP contribution in [-0.4, -0.2) is 24.4 Å². The SMILES string of the molecule is CC(=O)C(N)CCCCNC(C)C. The van der Waals surface area contributed by atoms with Gasteiger partial charge in [0.25, 0.3) is 0 Å². The van der Waals surface area contributed by atoms with Crippen LogP contribution in [-0.2, 0) is 4.79 Å². The third-order valence-electron chi connectivity index (χ3n) is 2.02. The van der Waals surface area contributed by atoms with Crippen LogP contribution in [0.5, 0.6) is 0 Å². The lowest BCUT2D eigenvalue weighted by molar-refractivity contribution is -0.118.